The first-order valence-corrected chi connectivity index (χ1v) is 10.9. The van der Waals surface area contributed by atoms with Crippen LogP contribution in [0.5, 0.6) is 0 Å². The molecule has 1 aromatic heterocycles. The van der Waals surface area contributed by atoms with Crippen molar-refractivity contribution in [2.75, 3.05) is 11.9 Å². The van der Waals surface area contributed by atoms with E-state index in [1.54, 1.807) is 29.3 Å². The highest BCUT2D eigenvalue weighted by Gasteiger charge is 2.36. The molecule has 1 aliphatic rings. The van der Waals surface area contributed by atoms with Gasteiger partial charge in [-0.1, -0.05) is 42.5 Å². The van der Waals surface area contributed by atoms with E-state index in [1.165, 1.54) is 6.20 Å². The van der Waals surface area contributed by atoms with Gasteiger partial charge in [-0.25, -0.2) is 0 Å². The second-order valence-corrected chi connectivity index (χ2v) is 8.15. The van der Waals surface area contributed by atoms with Gasteiger partial charge in [-0.2, -0.15) is 0 Å². The van der Waals surface area contributed by atoms with Gasteiger partial charge in [0.05, 0.1) is 17.5 Å². The molecule has 7 nitrogen and oxygen atoms in total. The number of pyridine rings is 1. The third-order valence-corrected chi connectivity index (χ3v) is 5.85. The normalized spacial score (nSPS) is 16.3. The van der Waals surface area contributed by atoms with Crippen molar-refractivity contribution in [2.24, 2.45) is 5.92 Å². The number of carbonyl (C=O) groups is 3. The molecule has 2 heterocycles. The Morgan fingerprint density at radius 3 is 2.67 bits per heavy atom. The van der Waals surface area contributed by atoms with E-state index in [1.807, 2.05) is 55.5 Å². The summed E-state index contributed by atoms with van der Waals surface area (Å²) in [5, 5.41) is 5.77. The lowest BCUT2D eigenvalue weighted by Gasteiger charge is -2.25. The summed E-state index contributed by atoms with van der Waals surface area (Å²) in [6.45, 7) is 2.70. The van der Waals surface area contributed by atoms with E-state index >= 15 is 0 Å². The molecule has 3 amide bonds. The van der Waals surface area contributed by atoms with Crippen molar-refractivity contribution >= 4 is 23.4 Å². The van der Waals surface area contributed by atoms with Crippen LogP contribution in [-0.4, -0.2) is 34.2 Å². The van der Waals surface area contributed by atoms with Crippen LogP contribution in [0, 0.1) is 5.92 Å². The third-order valence-electron chi connectivity index (χ3n) is 5.85. The van der Waals surface area contributed by atoms with Crippen LogP contribution in [0.2, 0.25) is 0 Å². The van der Waals surface area contributed by atoms with Crippen LogP contribution in [-0.2, 0) is 16.1 Å². The first-order chi connectivity index (χ1) is 16.0. The maximum atomic E-state index is 12.7. The zero-order chi connectivity index (χ0) is 23.2. The molecule has 0 aliphatic carbocycles. The Balaban J connectivity index is 1.32. The number of anilines is 1. The summed E-state index contributed by atoms with van der Waals surface area (Å²) in [7, 11) is 0. The summed E-state index contributed by atoms with van der Waals surface area (Å²) in [4.78, 5) is 43.3. The van der Waals surface area contributed by atoms with Crippen molar-refractivity contribution in [3.8, 4) is 0 Å². The van der Waals surface area contributed by atoms with Gasteiger partial charge < -0.3 is 15.5 Å². The van der Waals surface area contributed by atoms with E-state index < -0.39 is 0 Å². The number of carbonyl (C=O) groups excluding carboxylic acids is 3. The molecule has 1 fully saturated rings. The highest BCUT2D eigenvalue weighted by atomic mass is 16.2. The van der Waals surface area contributed by atoms with Crippen molar-refractivity contribution in [1.82, 2.24) is 15.2 Å². The molecule has 0 bridgehead atoms. The number of aromatic nitrogens is 1. The average molecular weight is 443 g/mol. The molecule has 3 aromatic rings. The number of hydrogen-bond acceptors (Lipinski definition) is 4. The predicted octanol–water partition coefficient (Wildman–Crippen LogP) is 3.56. The molecule has 2 aromatic carbocycles. The highest BCUT2D eigenvalue weighted by Crippen LogP contribution is 2.28. The van der Waals surface area contributed by atoms with Gasteiger partial charge in [0.2, 0.25) is 11.8 Å². The van der Waals surface area contributed by atoms with E-state index in [2.05, 4.69) is 15.6 Å². The van der Waals surface area contributed by atoms with Gasteiger partial charge in [0, 0.05) is 37.6 Å². The molecule has 2 unspecified atom stereocenters. The van der Waals surface area contributed by atoms with Crippen molar-refractivity contribution < 1.29 is 14.4 Å². The molecule has 1 saturated heterocycles. The predicted molar refractivity (Wildman–Crippen MR) is 125 cm³/mol. The van der Waals surface area contributed by atoms with Crippen molar-refractivity contribution in [2.45, 2.75) is 25.9 Å². The smallest absolute Gasteiger partial charge is 0.257 e. The lowest BCUT2D eigenvalue weighted by Crippen LogP contribution is -2.33. The van der Waals surface area contributed by atoms with Crippen molar-refractivity contribution in [1.29, 1.82) is 0 Å². The average Bonchev–Trinajstić information content (AvgIpc) is 3.25. The van der Waals surface area contributed by atoms with E-state index in [9.17, 15) is 14.4 Å². The number of nitrogens with one attached hydrogen (secondary N) is 2. The summed E-state index contributed by atoms with van der Waals surface area (Å²) >= 11 is 0. The maximum absolute atomic E-state index is 12.7. The summed E-state index contributed by atoms with van der Waals surface area (Å²) in [6.07, 6.45) is 3.33. The van der Waals surface area contributed by atoms with Gasteiger partial charge in [-0.05, 0) is 42.3 Å². The Morgan fingerprint density at radius 2 is 1.91 bits per heavy atom. The Morgan fingerprint density at radius 1 is 1.09 bits per heavy atom. The molecule has 0 radical (unpaired) electrons. The molecule has 7 heteroatoms. The van der Waals surface area contributed by atoms with Crippen LogP contribution in [0.4, 0.5) is 5.69 Å². The summed E-state index contributed by atoms with van der Waals surface area (Å²) < 4.78 is 0. The molecule has 2 N–H and O–H groups in total. The van der Waals surface area contributed by atoms with E-state index in [0.29, 0.717) is 24.3 Å². The zero-order valence-electron chi connectivity index (χ0n) is 18.4. The van der Waals surface area contributed by atoms with Gasteiger partial charge in [0.1, 0.15) is 0 Å². The molecule has 0 saturated carbocycles. The highest BCUT2D eigenvalue weighted by molar-refractivity contribution is 6.04. The second-order valence-electron chi connectivity index (χ2n) is 8.15. The fraction of sp³-hybridized carbons (Fsp3) is 0.231. The van der Waals surface area contributed by atoms with Gasteiger partial charge in [0.15, 0.2) is 0 Å². The van der Waals surface area contributed by atoms with Gasteiger partial charge in [0.25, 0.3) is 5.91 Å². The maximum Gasteiger partial charge on any atom is 0.257 e. The first kappa shape index (κ1) is 22.2. The fourth-order valence-corrected chi connectivity index (χ4v) is 3.99. The number of amides is 3. The van der Waals surface area contributed by atoms with Gasteiger partial charge in [-0.3, -0.25) is 19.4 Å². The van der Waals surface area contributed by atoms with Crippen LogP contribution in [0.15, 0.2) is 79.1 Å². The van der Waals surface area contributed by atoms with Crippen molar-refractivity contribution in [3.05, 3.63) is 95.8 Å². The van der Waals surface area contributed by atoms with Crippen LogP contribution < -0.4 is 10.6 Å². The van der Waals surface area contributed by atoms with Gasteiger partial charge >= 0.3 is 0 Å². The SMILES string of the molecule is CC(c1ccccc1)N1CC(C(=O)NCc2cccc(NC(=O)c3cccnc3)c2)CC1=O. The Bertz CT molecular complexity index is 1130. The minimum absolute atomic E-state index is 0.00776. The number of benzene rings is 2. The minimum Gasteiger partial charge on any atom is -0.352 e. The standard InChI is InChI=1S/C26H26N4O3/c1-18(20-8-3-2-4-9-20)30-17-22(14-24(30)31)25(32)28-15-19-7-5-11-23(13-19)29-26(33)21-10-6-12-27-16-21/h2-13,16,18,22H,14-15,17H2,1H3,(H,28,32)(H,29,33). The van der Waals surface area contributed by atoms with Crippen LogP contribution >= 0.6 is 0 Å². The van der Waals surface area contributed by atoms with E-state index in [0.717, 1.165) is 11.1 Å². The molecule has 0 spiro atoms. The lowest BCUT2D eigenvalue weighted by molar-refractivity contribution is -0.130. The number of hydrogen-bond donors (Lipinski definition) is 2. The molecule has 168 valence electrons. The largest absolute Gasteiger partial charge is 0.352 e. The summed E-state index contributed by atoms with van der Waals surface area (Å²) in [5.41, 5.74) is 3.01. The molecule has 4 rings (SSSR count). The third kappa shape index (κ3) is 5.44. The van der Waals surface area contributed by atoms with Crippen LogP contribution in [0.25, 0.3) is 0 Å². The summed E-state index contributed by atoms with van der Waals surface area (Å²) in [6, 6.07) is 20.5. The fourth-order valence-electron chi connectivity index (χ4n) is 3.99. The van der Waals surface area contributed by atoms with Gasteiger partial charge in [-0.15, -0.1) is 0 Å². The molecular weight excluding hydrogens is 416 g/mol. The molecule has 33 heavy (non-hydrogen) atoms. The Kier molecular flexibility index (Phi) is 6.78. The van der Waals surface area contributed by atoms with Crippen molar-refractivity contribution in [3.63, 3.8) is 0 Å². The van der Waals surface area contributed by atoms with E-state index in [-0.39, 0.29) is 36.1 Å². The monoisotopic (exact) mass is 442 g/mol. The number of rotatable bonds is 7. The quantitative estimate of drug-likeness (QED) is 0.585. The first-order valence-electron chi connectivity index (χ1n) is 10.9. The number of likely N-dealkylation sites (tertiary alicyclic amines) is 1. The topological polar surface area (TPSA) is 91.4 Å². The second kappa shape index (κ2) is 10.1. The minimum atomic E-state index is -0.378. The van der Waals surface area contributed by atoms with Crippen LogP contribution in [0.1, 0.15) is 40.9 Å². The van der Waals surface area contributed by atoms with E-state index in [4.69, 9.17) is 0 Å². The van der Waals surface area contributed by atoms with Crippen LogP contribution in [0.3, 0.4) is 0 Å². The molecular formula is C26H26N4O3. The molecule has 2 atom stereocenters. The zero-order valence-corrected chi connectivity index (χ0v) is 18.4. The summed E-state index contributed by atoms with van der Waals surface area (Å²) in [5.74, 6) is -0.777. The lowest BCUT2D eigenvalue weighted by atomic mass is 10.1. The Hall–Kier alpha value is -4.00. The molecule has 1 aliphatic heterocycles. The Labute approximate surface area is 192 Å². The number of nitrogens with zero attached hydrogens (tertiary/aromatic N) is 2.